The maximum Gasteiger partial charge on any atom is 0.315 e. The molecule has 8 heteroatoms. The van der Waals surface area contributed by atoms with E-state index in [-0.39, 0.29) is 0 Å². The van der Waals surface area contributed by atoms with Gasteiger partial charge in [-0.3, -0.25) is 14.1 Å². The molecule has 2 unspecified atom stereocenters. The molecule has 0 aliphatic rings. The molecule has 0 amide bonds. The predicted molar refractivity (Wildman–Crippen MR) is 67.4 cm³/mol. The van der Waals surface area contributed by atoms with Crippen molar-refractivity contribution in [2.45, 2.75) is 24.5 Å². The quantitative estimate of drug-likeness (QED) is 0.786. The third-order valence-corrected chi connectivity index (χ3v) is 4.47. The highest BCUT2D eigenvalue weighted by molar-refractivity contribution is 7.87. The SMILES string of the molecule is CC(=O)C(C(C)(C(=O)O)c1ccccc1F)S(=O)(=O)O. The Labute approximate surface area is 115 Å². The Hall–Kier alpha value is -1.80. The lowest BCUT2D eigenvalue weighted by atomic mass is 9.77. The molecule has 0 fully saturated rings. The second kappa shape index (κ2) is 5.29. The number of carboxylic acids is 1. The van der Waals surface area contributed by atoms with Crippen molar-refractivity contribution in [1.29, 1.82) is 0 Å². The Balaban J connectivity index is 3.71. The van der Waals surface area contributed by atoms with Crippen LogP contribution in [-0.2, 0) is 25.1 Å². The number of halogens is 1. The highest BCUT2D eigenvalue weighted by atomic mass is 32.2. The van der Waals surface area contributed by atoms with Gasteiger partial charge in [-0.05, 0) is 19.9 Å². The van der Waals surface area contributed by atoms with Crippen LogP contribution in [0.4, 0.5) is 4.39 Å². The fraction of sp³-hybridized carbons (Fsp3) is 0.333. The molecule has 0 saturated carbocycles. The van der Waals surface area contributed by atoms with Crippen molar-refractivity contribution >= 4 is 21.9 Å². The molecule has 20 heavy (non-hydrogen) atoms. The molecule has 0 spiro atoms. The highest BCUT2D eigenvalue weighted by Gasteiger charge is 2.53. The Kier molecular flexibility index (Phi) is 4.30. The summed E-state index contributed by atoms with van der Waals surface area (Å²) in [7, 11) is -5.03. The molecule has 0 aliphatic carbocycles. The van der Waals surface area contributed by atoms with E-state index in [0.717, 1.165) is 26.0 Å². The van der Waals surface area contributed by atoms with Gasteiger partial charge in [0.1, 0.15) is 11.2 Å². The molecule has 0 bridgehead atoms. The highest BCUT2D eigenvalue weighted by Crippen LogP contribution is 2.34. The first-order valence-electron chi connectivity index (χ1n) is 5.48. The summed E-state index contributed by atoms with van der Waals surface area (Å²) in [5, 5.41) is 7.00. The molecule has 1 aromatic rings. The number of carbonyl (C=O) groups excluding carboxylic acids is 1. The Morgan fingerprint density at radius 2 is 1.80 bits per heavy atom. The normalized spacial score (nSPS) is 16.2. The number of carboxylic acid groups (broad SMARTS) is 1. The largest absolute Gasteiger partial charge is 0.481 e. The van der Waals surface area contributed by atoms with Crippen molar-refractivity contribution in [3.8, 4) is 0 Å². The lowest BCUT2D eigenvalue weighted by Crippen LogP contribution is -2.52. The molecular formula is C12H13FO6S. The lowest BCUT2D eigenvalue weighted by Gasteiger charge is -2.30. The average Bonchev–Trinajstić information content (AvgIpc) is 2.26. The summed E-state index contributed by atoms with van der Waals surface area (Å²) in [5.74, 6) is -3.81. The van der Waals surface area contributed by atoms with Crippen molar-refractivity contribution in [2.24, 2.45) is 0 Å². The van der Waals surface area contributed by atoms with Crippen LogP contribution in [0, 0.1) is 5.82 Å². The summed E-state index contributed by atoms with van der Waals surface area (Å²) in [5.41, 5.74) is -2.93. The van der Waals surface area contributed by atoms with Crippen molar-refractivity contribution in [2.75, 3.05) is 0 Å². The van der Waals surface area contributed by atoms with Crippen LogP contribution in [-0.4, -0.2) is 35.1 Å². The van der Waals surface area contributed by atoms with E-state index >= 15 is 0 Å². The first kappa shape index (κ1) is 16.3. The summed E-state index contributed by atoms with van der Waals surface area (Å²) in [4.78, 5) is 23.0. The molecule has 110 valence electrons. The maximum absolute atomic E-state index is 13.8. The van der Waals surface area contributed by atoms with Crippen LogP contribution in [0.5, 0.6) is 0 Å². The topological polar surface area (TPSA) is 109 Å². The van der Waals surface area contributed by atoms with Crippen LogP contribution in [0.25, 0.3) is 0 Å². The maximum atomic E-state index is 13.8. The fourth-order valence-corrected chi connectivity index (χ4v) is 3.41. The summed E-state index contributed by atoms with van der Waals surface area (Å²) < 4.78 is 45.7. The number of carbonyl (C=O) groups is 2. The van der Waals surface area contributed by atoms with Gasteiger partial charge >= 0.3 is 5.97 Å². The van der Waals surface area contributed by atoms with Gasteiger partial charge in [-0.25, -0.2) is 4.39 Å². The van der Waals surface area contributed by atoms with E-state index in [9.17, 15) is 27.5 Å². The number of hydrogen-bond donors (Lipinski definition) is 2. The molecule has 0 aliphatic heterocycles. The molecule has 0 heterocycles. The van der Waals surface area contributed by atoms with Crippen molar-refractivity contribution < 1.29 is 32.1 Å². The summed E-state index contributed by atoms with van der Waals surface area (Å²) in [6.07, 6.45) is 0. The average molecular weight is 304 g/mol. The lowest BCUT2D eigenvalue weighted by molar-refractivity contribution is -0.145. The summed E-state index contributed by atoms with van der Waals surface area (Å²) >= 11 is 0. The third kappa shape index (κ3) is 2.70. The number of ketones is 1. The second-order valence-corrected chi connectivity index (χ2v) is 5.99. The molecule has 0 saturated heterocycles. The van der Waals surface area contributed by atoms with Gasteiger partial charge < -0.3 is 5.11 Å². The number of benzene rings is 1. The van der Waals surface area contributed by atoms with Gasteiger partial charge in [0.05, 0.1) is 0 Å². The molecule has 6 nitrogen and oxygen atoms in total. The zero-order valence-electron chi connectivity index (χ0n) is 10.7. The molecule has 1 aromatic carbocycles. The van der Waals surface area contributed by atoms with Crippen LogP contribution in [0.2, 0.25) is 0 Å². The van der Waals surface area contributed by atoms with Crippen LogP contribution in [0.15, 0.2) is 24.3 Å². The van der Waals surface area contributed by atoms with Gasteiger partial charge in [0.15, 0.2) is 11.0 Å². The van der Waals surface area contributed by atoms with Crippen LogP contribution < -0.4 is 0 Å². The van der Waals surface area contributed by atoms with Crippen LogP contribution in [0.1, 0.15) is 19.4 Å². The van der Waals surface area contributed by atoms with E-state index < -0.39 is 43.9 Å². The fourth-order valence-electron chi connectivity index (χ4n) is 2.17. The zero-order chi connectivity index (χ0) is 15.7. The predicted octanol–water partition coefficient (Wildman–Crippen LogP) is 1.01. The van der Waals surface area contributed by atoms with Crippen LogP contribution >= 0.6 is 0 Å². The number of Topliss-reactive ketones (excluding diaryl/α,β-unsaturated/α-hetero) is 1. The molecule has 2 N–H and O–H groups in total. The monoisotopic (exact) mass is 304 g/mol. The van der Waals surface area contributed by atoms with Gasteiger partial charge in [0, 0.05) is 5.56 Å². The summed E-state index contributed by atoms with van der Waals surface area (Å²) in [6.45, 7) is 1.70. The van der Waals surface area contributed by atoms with Crippen LogP contribution in [0.3, 0.4) is 0 Å². The first-order valence-corrected chi connectivity index (χ1v) is 6.98. The molecule has 0 aromatic heterocycles. The Morgan fingerprint density at radius 3 is 2.15 bits per heavy atom. The minimum atomic E-state index is -5.03. The number of hydrogen-bond acceptors (Lipinski definition) is 4. The first-order chi connectivity index (χ1) is 9.02. The van der Waals surface area contributed by atoms with Crippen molar-refractivity contribution in [1.82, 2.24) is 0 Å². The van der Waals surface area contributed by atoms with Gasteiger partial charge in [0.2, 0.25) is 0 Å². The standard InChI is InChI=1S/C12H13FO6S/c1-7(14)10(20(17,18)19)12(2,11(15)16)8-5-3-4-6-9(8)13/h3-6,10H,1-2H3,(H,15,16)(H,17,18,19). The second-order valence-electron chi connectivity index (χ2n) is 4.49. The van der Waals surface area contributed by atoms with E-state index in [1.165, 1.54) is 12.1 Å². The number of aliphatic carboxylic acids is 1. The van der Waals surface area contributed by atoms with E-state index in [1.807, 2.05) is 0 Å². The zero-order valence-corrected chi connectivity index (χ0v) is 11.5. The minimum Gasteiger partial charge on any atom is -0.481 e. The Morgan fingerprint density at radius 1 is 1.30 bits per heavy atom. The molecular weight excluding hydrogens is 291 g/mol. The van der Waals surface area contributed by atoms with E-state index in [4.69, 9.17) is 4.55 Å². The van der Waals surface area contributed by atoms with Gasteiger partial charge in [-0.15, -0.1) is 0 Å². The molecule has 0 radical (unpaired) electrons. The molecule has 2 atom stereocenters. The smallest absolute Gasteiger partial charge is 0.315 e. The van der Waals surface area contributed by atoms with Gasteiger partial charge in [0.25, 0.3) is 10.1 Å². The summed E-state index contributed by atoms with van der Waals surface area (Å²) in [6, 6.07) is 4.60. The van der Waals surface area contributed by atoms with E-state index in [1.54, 1.807) is 0 Å². The number of rotatable bonds is 5. The van der Waals surface area contributed by atoms with Crippen molar-refractivity contribution in [3.05, 3.63) is 35.6 Å². The van der Waals surface area contributed by atoms with Gasteiger partial charge in [-0.2, -0.15) is 8.42 Å². The van der Waals surface area contributed by atoms with Gasteiger partial charge in [-0.1, -0.05) is 18.2 Å². The van der Waals surface area contributed by atoms with Crippen molar-refractivity contribution in [3.63, 3.8) is 0 Å². The molecule has 1 rings (SSSR count). The Bertz CT molecular complexity index is 654. The van der Waals surface area contributed by atoms with E-state index in [2.05, 4.69) is 0 Å². The third-order valence-electron chi connectivity index (χ3n) is 3.07. The van der Waals surface area contributed by atoms with E-state index in [0.29, 0.717) is 0 Å². The minimum absolute atomic E-state index is 0.495.